The lowest BCUT2D eigenvalue weighted by Gasteiger charge is -2.15. The number of methoxy groups -OCH3 is 2. The summed E-state index contributed by atoms with van der Waals surface area (Å²) < 4.78 is 10.8. The monoisotopic (exact) mass is 270 g/mol. The van der Waals surface area contributed by atoms with Gasteiger partial charge in [0.05, 0.1) is 22.9 Å². The van der Waals surface area contributed by atoms with Crippen molar-refractivity contribution >= 4 is 17.3 Å². The molecule has 2 unspecified atom stereocenters. The highest BCUT2D eigenvalue weighted by molar-refractivity contribution is 6.33. The summed E-state index contributed by atoms with van der Waals surface area (Å²) in [6.07, 6.45) is 0.277. The Labute approximate surface area is 113 Å². The predicted octanol–water partition coefficient (Wildman–Crippen LogP) is 1.77. The van der Waals surface area contributed by atoms with Crippen LogP contribution in [0.5, 0.6) is 0 Å². The number of halogens is 1. The Morgan fingerprint density at radius 1 is 1.28 bits per heavy atom. The third-order valence-electron chi connectivity index (χ3n) is 3.36. The Kier molecular flexibility index (Phi) is 4.45. The van der Waals surface area contributed by atoms with E-state index in [-0.39, 0.29) is 12.2 Å². The third-order valence-corrected chi connectivity index (χ3v) is 3.71. The van der Waals surface area contributed by atoms with Crippen molar-refractivity contribution in [3.8, 4) is 0 Å². The fraction of sp³-hybridized carbons (Fsp3) is 0.538. The molecule has 2 N–H and O–H groups in total. The highest BCUT2D eigenvalue weighted by Gasteiger charge is 2.32. The average Bonchev–Trinajstić information content (AvgIpc) is 2.76. The molecule has 0 spiro atoms. The molecule has 5 heteroatoms. The van der Waals surface area contributed by atoms with Gasteiger partial charge in [-0.25, -0.2) is 0 Å². The second kappa shape index (κ2) is 5.89. The number of ether oxygens (including phenoxy) is 2. The molecule has 1 aromatic carbocycles. The van der Waals surface area contributed by atoms with Gasteiger partial charge in [0.1, 0.15) is 0 Å². The van der Waals surface area contributed by atoms with E-state index in [1.54, 1.807) is 14.2 Å². The molecule has 4 nitrogen and oxygen atoms in total. The number of nitrogens with two attached hydrogens (primary N) is 1. The van der Waals surface area contributed by atoms with Gasteiger partial charge in [-0.05, 0) is 17.7 Å². The molecule has 2 rings (SSSR count). The lowest BCUT2D eigenvalue weighted by molar-refractivity contribution is -0.00461. The van der Waals surface area contributed by atoms with E-state index in [1.165, 1.54) is 0 Å². The van der Waals surface area contributed by atoms with Crippen molar-refractivity contribution in [3.63, 3.8) is 0 Å². The Hall–Kier alpha value is -0.810. The molecule has 1 aromatic rings. The molecule has 0 saturated carbocycles. The first kappa shape index (κ1) is 13.6. The van der Waals surface area contributed by atoms with Gasteiger partial charge in [-0.2, -0.15) is 0 Å². The van der Waals surface area contributed by atoms with Crippen molar-refractivity contribution in [2.45, 2.75) is 18.8 Å². The largest absolute Gasteiger partial charge is 0.398 e. The summed E-state index contributed by atoms with van der Waals surface area (Å²) in [5.41, 5.74) is 7.58. The van der Waals surface area contributed by atoms with E-state index >= 15 is 0 Å². The molecular formula is C13H19ClN2O2. The van der Waals surface area contributed by atoms with Gasteiger partial charge >= 0.3 is 0 Å². The standard InChI is InChI=1S/C13H19ClN2O2/c1-17-12-7-16(8-13(12)18-2)6-9-3-4-10(14)11(15)5-9/h3-5,12-13H,6-8,15H2,1-2H3. The number of rotatable bonds is 4. The zero-order chi connectivity index (χ0) is 13.1. The van der Waals surface area contributed by atoms with Crippen molar-refractivity contribution in [2.75, 3.05) is 33.0 Å². The van der Waals surface area contributed by atoms with Gasteiger partial charge in [0, 0.05) is 33.9 Å². The number of hydrogen-bond donors (Lipinski definition) is 1. The molecule has 0 aromatic heterocycles. The van der Waals surface area contributed by atoms with E-state index in [9.17, 15) is 0 Å². The van der Waals surface area contributed by atoms with Crippen LogP contribution >= 0.6 is 11.6 Å². The van der Waals surface area contributed by atoms with Crippen LogP contribution in [-0.2, 0) is 16.0 Å². The van der Waals surface area contributed by atoms with E-state index < -0.39 is 0 Å². The number of hydrogen-bond acceptors (Lipinski definition) is 4. The number of benzene rings is 1. The molecule has 1 fully saturated rings. The SMILES string of the molecule is COC1CN(Cc2ccc(Cl)c(N)c2)CC1OC. The molecular weight excluding hydrogens is 252 g/mol. The minimum absolute atomic E-state index is 0.139. The smallest absolute Gasteiger partial charge is 0.0971 e. The summed E-state index contributed by atoms with van der Waals surface area (Å²) in [6.45, 7) is 2.58. The van der Waals surface area contributed by atoms with E-state index in [0.29, 0.717) is 10.7 Å². The molecule has 0 bridgehead atoms. The molecule has 1 aliphatic rings. The summed E-state index contributed by atoms with van der Waals surface area (Å²) in [5.74, 6) is 0. The highest BCUT2D eigenvalue weighted by atomic mass is 35.5. The van der Waals surface area contributed by atoms with Gasteiger partial charge in [-0.15, -0.1) is 0 Å². The van der Waals surface area contributed by atoms with Crippen LogP contribution in [0.25, 0.3) is 0 Å². The summed E-state index contributed by atoms with van der Waals surface area (Å²) in [5, 5.41) is 0.602. The Balaban J connectivity index is 2.00. The maximum atomic E-state index is 5.91. The van der Waals surface area contributed by atoms with E-state index in [2.05, 4.69) is 4.90 Å². The second-order valence-electron chi connectivity index (χ2n) is 4.60. The topological polar surface area (TPSA) is 47.7 Å². The molecule has 0 radical (unpaired) electrons. The number of nitrogens with zero attached hydrogens (tertiary/aromatic N) is 1. The zero-order valence-corrected chi connectivity index (χ0v) is 11.5. The summed E-state index contributed by atoms with van der Waals surface area (Å²) in [6, 6.07) is 5.76. The van der Waals surface area contributed by atoms with Gasteiger partial charge in [-0.3, -0.25) is 4.90 Å². The fourth-order valence-corrected chi connectivity index (χ4v) is 2.47. The van der Waals surface area contributed by atoms with Crippen LogP contribution in [0.15, 0.2) is 18.2 Å². The maximum absolute atomic E-state index is 5.91. The average molecular weight is 271 g/mol. The van der Waals surface area contributed by atoms with E-state index in [0.717, 1.165) is 25.2 Å². The molecule has 100 valence electrons. The first-order valence-electron chi connectivity index (χ1n) is 5.96. The van der Waals surface area contributed by atoms with Crippen molar-refractivity contribution in [2.24, 2.45) is 0 Å². The normalized spacial score (nSPS) is 24.6. The highest BCUT2D eigenvalue weighted by Crippen LogP contribution is 2.22. The number of nitrogen functional groups attached to an aromatic ring is 1. The molecule has 1 saturated heterocycles. The van der Waals surface area contributed by atoms with Crippen LogP contribution in [-0.4, -0.2) is 44.4 Å². The lowest BCUT2D eigenvalue weighted by Crippen LogP contribution is -2.27. The van der Waals surface area contributed by atoms with Gasteiger partial charge in [0.2, 0.25) is 0 Å². The summed E-state index contributed by atoms with van der Waals surface area (Å²) >= 11 is 5.91. The van der Waals surface area contributed by atoms with Crippen LogP contribution in [0.2, 0.25) is 5.02 Å². The first-order chi connectivity index (χ1) is 8.63. The molecule has 18 heavy (non-hydrogen) atoms. The maximum Gasteiger partial charge on any atom is 0.0971 e. The van der Waals surface area contributed by atoms with Crippen molar-refractivity contribution in [1.82, 2.24) is 4.90 Å². The van der Waals surface area contributed by atoms with Crippen LogP contribution in [0, 0.1) is 0 Å². The fourth-order valence-electron chi connectivity index (χ4n) is 2.35. The zero-order valence-electron chi connectivity index (χ0n) is 10.7. The molecule has 2 atom stereocenters. The predicted molar refractivity (Wildman–Crippen MR) is 72.7 cm³/mol. The first-order valence-corrected chi connectivity index (χ1v) is 6.33. The summed E-state index contributed by atoms with van der Waals surface area (Å²) in [7, 11) is 3.45. The number of anilines is 1. The Bertz CT molecular complexity index is 402. The van der Waals surface area contributed by atoms with E-state index in [4.69, 9.17) is 26.8 Å². The van der Waals surface area contributed by atoms with Gasteiger partial charge in [0.15, 0.2) is 0 Å². The van der Waals surface area contributed by atoms with Crippen molar-refractivity contribution < 1.29 is 9.47 Å². The van der Waals surface area contributed by atoms with E-state index in [1.807, 2.05) is 18.2 Å². The Morgan fingerprint density at radius 3 is 2.39 bits per heavy atom. The minimum Gasteiger partial charge on any atom is -0.398 e. The molecule has 1 aliphatic heterocycles. The van der Waals surface area contributed by atoms with Crippen molar-refractivity contribution in [3.05, 3.63) is 28.8 Å². The molecule has 1 heterocycles. The molecule has 0 aliphatic carbocycles. The summed E-state index contributed by atoms with van der Waals surface area (Å²) in [4.78, 5) is 2.30. The quantitative estimate of drug-likeness (QED) is 0.847. The van der Waals surface area contributed by atoms with Crippen LogP contribution in [0.4, 0.5) is 5.69 Å². The van der Waals surface area contributed by atoms with Crippen molar-refractivity contribution in [1.29, 1.82) is 0 Å². The third kappa shape index (κ3) is 2.95. The minimum atomic E-state index is 0.139. The van der Waals surface area contributed by atoms with Gasteiger partial charge < -0.3 is 15.2 Å². The van der Waals surface area contributed by atoms with Crippen LogP contribution < -0.4 is 5.73 Å². The molecule has 0 amide bonds. The second-order valence-corrected chi connectivity index (χ2v) is 5.01. The lowest BCUT2D eigenvalue weighted by atomic mass is 10.2. The van der Waals surface area contributed by atoms with Gasteiger partial charge in [0.25, 0.3) is 0 Å². The van der Waals surface area contributed by atoms with Gasteiger partial charge in [-0.1, -0.05) is 17.7 Å². The van der Waals surface area contributed by atoms with Crippen LogP contribution in [0.3, 0.4) is 0 Å². The Morgan fingerprint density at radius 2 is 1.89 bits per heavy atom. The van der Waals surface area contributed by atoms with Crippen LogP contribution in [0.1, 0.15) is 5.56 Å². The number of likely N-dealkylation sites (tertiary alicyclic amines) is 1.